The van der Waals surface area contributed by atoms with E-state index < -0.39 is 0 Å². The molecule has 1 fully saturated rings. The molecular formula is C26H35Cl2HfP. The Kier molecular flexibility index (Phi) is 15.2. The molecular weight excluding hydrogens is 593 g/mol. The Labute approximate surface area is 217 Å². The molecule has 0 spiro atoms. The number of rotatable bonds is 5. The molecule has 0 heterocycles. The maximum atomic E-state index is 2.42. The van der Waals surface area contributed by atoms with Gasteiger partial charge in [0.15, 0.2) is 0 Å². The van der Waals surface area contributed by atoms with Crippen molar-refractivity contribution in [1.29, 1.82) is 0 Å². The zero-order chi connectivity index (χ0) is 19.2. The van der Waals surface area contributed by atoms with Crippen LogP contribution in [0.1, 0.15) is 40.5 Å². The molecule has 2 atom stereocenters. The van der Waals surface area contributed by atoms with Crippen molar-refractivity contribution in [2.24, 2.45) is 23.7 Å². The molecule has 0 nitrogen and oxygen atoms in total. The normalized spacial score (nSPS) is 19.0. The number of allylic oxidation sites excluding steroid dienone is 4. The van der Waals surface area contributed by atoms with Crippen LogP contribution in [0, 0.1) is 30.1 Å². The molecule has 2 aliphatic rings. The van der Waals surface area contributed by atoms with Crippen LogP contribution in [-0.4, -0.2) is 12.3 Å². The van der Waals surface area contributed by atoms with Crippen molar-refractivity contribution >= 4 is 24.0 Å². The van der Waals surface area contributed by atoms with Gasteiger partial charge >= 0.3 is 25.8 Å². The maximum Gasteiger partial charge on any atom is 4.00 e. The molecule has 2 aliphatic carbocycles. The predicted molar refractivity (Wildman–Crippen MR) is 124 cm³/mol. The molecule has 4 heteroatoms. The average Bonchev–Trinajstić information content (AvgIpc) is 3.27. The van der Waals surface area contributed by atoms with Gasteiger partial charge in [0.2, 0.25) is 0 Å². The van der Waals surface area contributed by atoms with Crippen molar-refractivity contribution in [2.75, 3.05) is 12.3 Å². The van der Waals surface area contributed by atoms with Gasteiger partial charge in [-0.2, -0.15) is 12.5 Å². The molecule has 0 amide bonds. The molecule has 0 aliphatic heterocycles. The van der Waals surface area contributed by atoms with Gasteiger partial charge in [-0.25, -0.2) is 0 Å². The fourth-order valence-electron chi connectivity index (χ4n) is 4.18. The standard InChI is InChI=1S/C17H24P.C9H11.2ClH.Hf/c1-13(2)11-18(12-14(3)4)17-9-15-7-5-6-8-16(15)10-17;1-2-5-9-7-3-6-8(9)4-1;;;/h5-10,13-14H,11-12H2,1-4H3;1-2,4-6,8-9H,3,7H2;2*1H;/q2*-1;;;+4/p-2. The van der Waals surface area contributed by atoms with E-state index in [2.05, 4.69) is 94.8 Å². The third kappa shape index (κ3) is 8.97. The van der Waals surface area contributed by atoms with E-state index in [1.54, 1.807) is 5.30 Å². The van der Waals surface area contributed by atoms with E-state index in [4.69, 9.17) is 0 Å². The molecule has 0 aromatic heterocycles. The Balaban J connectivity index is 0.000000597. The van der Waals surface area contributed by atoms with Gasteiger partial charge in [0.25, 0.3) is 0 Å². The quantitative estimate of drug-likeness (QED) is 0.267. The van der Waals surface area contributed by atoms with Gasteiger partial charge in [0.05, 0.1) is 0 Å². The summed E-state index contributed by atoms with van der Waals surface area (Å²) in [5, 5.41) is 4.42. The van der Waals surface area contributed by atoms with Crippen LogP contribution in [0.25, 0.3) is 10.8 Å². The Morgan fingerprint density at radius 2 is 1.60 bits per heavy atom. The number of halogens is 2. The maximum absolute atomic E-state index is 2.42. The molecule has 0 bridgehead atoms. The van der Waals surface area contributed by atoms with E-state index in [0.29, 0.717) is 0 Å². The van der Waals surface area contributed by atoms with Crippen molar-refractivity contribution in [3.8, 4) is 0 Å². The monoisotopic (exact) mass is 628 g/mol. The second kappa shape index (κ2) is 15.1. The Hall–Kier alpha value is 0.190. The van der Waals surface area contributed by atoms with Crippen LogP contribution < -0.4 is 30.1 Å². The summed E-state index contributed by atoms with van der Waals surface area (Å²) < 4.78 is 0. The van der Waals surface area contributed by atoms with Crippen LogP contribution in [0.3, 0.4) is 0 Å². The average molecular weight is 628 g/mol. The zero-order valence-corrected chi connectivity index (χ0v) is 24.7. The summed E-state index contributed by atoms with van der Waals surface area (Å²) in [5.41, 5.74) is 0. The summed E-state index contributed by atoms with van der Waals surface area (Å²) >= 11 is 0. The molecule has 0 saturated heterocycles. The first-order valence-electron chi connectivity index (χ1n) is 10.6. The van der Waals surface area contributed by atoms with Crippen LogP contribution in [0.5, 0.6) is 0 Å². The Morgan fingerprint density at radius 3 is 2.20 bits per heavy atom. The second-order valence-corrected chi connectivity index (χ2v) is 11.2. The minimum atomic E-state index is 0. The summed E-state index contributed by atoms with van der Waals surface area (Å²) in [6.45, 7) is 9.38. The molecule has 0 N–H and O–H groups in total. The largest absolute Gasteiger partial charge is 4.00 e. The van der Waals surface area contributed by atoms with E-state index in [0.717, 1.165) is 23.7 Å². The Bertz CT molecular complexity index is 717. The van der Waals surface area contributed by atoms with Gasteiger partial charge in [0.1, 0.15) is 0 Å². The minimum Gasteiger partial charge on any atom is -1.00 e. The minimum absolute atomic E-state index is 0. The second-order valence-electron chi connectivity index (χ2n) is 8.86. The summed E-state index contributed by atoms with van der Waals surface area (Å²) in [5.74, 6) is 3.21. The number of hydrogen-bond acceptors (Lipinski definition) is 0. The summed E-state index contributed by atoms with van der Waals surface area (Å²) in [4.78, 5) is 0. The van der Waals surface area contributed by atoms with Gasteiger partial charge < -0.3 is 31.2 Å². The van der Waals surface area contributed by atoms with Crippen LogP contribution in [0.15, 0.2) is 60.7 Å². The van der Waals surface area contributed by atoms with E-state index in [9.17, 15) is 0 Å². The van der Waals surface area contributed by atoms with E-state index in [1.807, 2.05) is 0 Å². The third-order valence-corrected chi connectivity index (χ3v) is 8.71. The van der Waals surface area contributed by atoms with Crippen molar-refractivity contribution in [3.63, 3.8) is 0 Å². The van der Waals surface area contributed by atoms with Crippen LogP contribution in [0.2, 0.25) is 0 Å². The molecule has 1 saturated carbocycles. The number of benzene rings is 1. The molecule has 4 rings (SSSR count). The number of fused-ring (bicyclic) bond motifs is 2. The fraction of sp³-hybridized carbons (Fsp3) is 0.462. The predicted octanol–water partition coefficient (Wildman–Crippen LogP) is 1.33. The molecule has 162 valence electrons. The van der Waals surface area contributed by atoms with Crippen molar-refractivity contribution < 1.29 is 50.7 Å². The van der Waals surface area contributed by atoms with Crippen molar-refractivity contribution in [1.82, 2.24) is 0 Å². The summed E-state index contributed by atoms with van der Waals surface area (Å²) in [6.07, 6.45) is 16.8. The summed E-state index contributed by atoms with van der Waals surface area (Å²) in [7, 11) is 0.0185. The molecule has 30 heavy (non-hydrogen) atoms. The molecule has 2 aromatic carbocycles. The fourth-order valence-corrected chi connectivity index (χ4v) is 7.15. The van der Waals surface area contributed by atoms with Crippen LogP contribution >= 0.6 is 7.92 Å². The molecule has 2 unspecified atom stereocenters. The molecule has 0 radical (unpaired) electrons. The topological polar surface area (TPSA) is 0 Å². The SMILES string of the molecule is C1=CC2[CH-]CCC2C=C1.CC(C)CP(CC(C)C)c1cc2ccccc2[cH-]1.[Cl-].[Cl-].[Hf+4]. The van der Waals surface area contributed by atoms with Crippen molar-refractivity contribution in [3.05, 3.63) is 67.1 Å². The van der Waals surface area contributed by atoms with E-state index >= 15 is 0 Å². The number of hydrogen-bond donors (Lipinski definition) is 0. The zero-order valence-electron chi connectivity index (χ0n) is 18.7. The summed E-state index contributed by atoms with van der Waals surface area (Å²) in [6, 6.07) is 13.6. The van der Waals surface area contributed by atoms with Gasteiger partial charge in [-0.15, -0.1) is 52.3 Å². The first kappa shape index (κ1) is 30.2. The van der Waals surface area contributed by atoms with Crippen LogP contribution in [-0.2, 0) is 25.8 Å². The van der Waals surface area contributed by atoms with E-state index in [-0.39, 0.29) is 58.6 Å². The Morgan fingerprint density at radius 1 is 0.967 bits per heavy atom. The smallest absolute Gasteiger partial charge is 1.00 e. The third-order valence-electron chi connectivity index (χ3n) is 5.37. The van der Waals surface area contributed by atoms with Gasteiger partial charge in [-0.05, 0) is 30.1 Å². The van der Waals surface area contributed by atoms with Crippen molar-refractivity contribution in [2.45, 2.75) is 40.5 Å². The first-order valence-corrected chi connectivity index (χ1v) is 12.3. The van der Waals surface area contributed by atoms with Gasteiger partial charge in [-0.3, -0.25) is 0 Å². The first-order chi connectivity index (χ1) is 13.0. The van der Waals surface area contributed by atoms with E-state index in [1.165, 1.54) is 35.9 Å². The molecule has 2 aromatic rings. The van der Waals surface area contributed by atoms with Crippen LogP contribution in [0.4, 0.5) is 0 Å². The van der Waals surface area contributed by atoms with Gasteiger partial charge in [-0.1, -0.05) is 66.3 Å². The van der Waals surface area contributed by atoms with Gasteiger partial charge in [0, 0.05) is 0 Å².